The van der Waals surface area contributed by atoms with Gasteiger partial charge in [-0.15, -0.1) is 0 Å². The van der Waals surface area contributed by atoms with Crippen LogP contribution in [0.4, 0.5) is 5.69 Å². The first-order valence-corrected chi connectivity index (χ1v) is 5.79. The molecule has 0 bridgehead atoms. The number of benzene rings is 1. The van der Waals surface area contributed by atoms with Crippen LogP contribution in [0.5, 0.6) is 0 Å². The molecule has 0 aliphatic rings. The molecule has 0 saturated heterocycles. The monoisotopic (exact) mass is 221 g/mol. The van der Waals surface area contributed by atoms with E-state index in [9.17, 15) is 4.79 Å². The van der Waals surface area contributed by atoms with Crippen molar-refractivity contribution in [2.45, 2.75) is 33.1 Å². The van der Waals surface area contributed by atoms with Crippen LogP contribution in [0.1, 0.15) is 42.6 Å². The second kappa shape index (κ2) is 6.16. The van der Waals surface area contributed by atoms with Crippen molar-refractivity contribution in [1.82, 2.24) is 0 Å². The lowest BCUT2D eigenvalue weighted by molar-refractivity contribution is 0.0696. The third-order valence-corrected chi connectivity index (χ3v) is 2.58. The number of rotatable bonds is 6. The standard InChI is InChI=1S/C13H19NO2/c1-3-5-8-14-11-6-7-12(13(15)16)10(4-2)9-11/h6-7,9,14H,3-5,8H2,1-2H3,(H,15,16). The highest BCUT2D eigenvalue weighted by Crippen LogP contribution is 2.16. The van der Waals surface area contributed by atoms with Crippen LogP contribution in [-0.2, 0) is 6.42 Å². The number of aryl methyl sites for hydroxylation is 1. The zero-order valence-electron chi connectivity index (χ0n) is 9.92. The summed E-state index contributed by atoms with van der Waals surface area (Å²) in [6.07, 6.45) is 3.02. The molecule has 88 valence electrons. The number of nitrogens with one attached hydrogen (secondary N) is 1. The van der Waals surface area contributed by atoms with Crippen LogP contribution in [0.25, 0.3) is 0 Å². The van der Waals surface area contributed by atoms with Gasteiger partial charge in [-0.25, -0.2) is 4.79 Å². The first-order valence-electron chi connectivity index (χ1n) is 5.79. The average Bonchev–Trinajstić information content (AvgIpc) is 2.29. The van der Waals surface area contributed by atoms with Crippen molar-refractivity contribution < 1.29 is 9.90 Å². The molecule has 3 heteroatoms. The number of hydrogen-bond acceptors (Lipinski definition) is 2. The van der Waals surface area contributed by atoms with Gasteiger partial charge in [-0.3, -0.25) is 0 Å². The lowest BCUT2D eigenvalue weighted by Crippen LogP contribution is -2.05. The number of anilines is 1. The second-order valence-corrected chi connectivity index (χ2v) is 3.81. The Morgan fingerprint density at radius 2 is 2.12 bits per heavy atom. The summed E-state index contributed by atoms with van der Waals surface area (Å²) < 4.78 is 0. The van der Waals surface area contributed by atoms with Gasteiger partial charge in [0.2, 0.25) is 0 Å². The zero-order valence-corrected chi connectivity index (χ0v) is 9.92. The first kappa shape index (κ1) is 12.6. The molecule has 0 fully saturated rings. The molecular formula is C13H19NO2. The summed E-state index contributed by atoms with van der Waals surface area (Å²) in [5.74, 6) is -0.850. The molecule has 0 spiro atoms. The Balaban J connectivity index is 2.78. The molecule has 16 heavy (non-hydrogen) atoms. The Labute approximate surface area is 96.5 Å². The summed E-state index contributed by atoms with van der Waals surface area (Å²) in [6, 6.07) is 5.44. The summed E-state index contributed by atoms with van der Waals surface area (Å²) in [5, 5.41) is 12.3. The van der Waals surface area contributed by atoms with Gasteiger partial charge >= 0.3 is 5.97 Å². The maximum absolute atomic E-state index is 10.9. The molecule has 3 nitrogen and oxygen atoms in total. The third kappa shape index (κ3) is 3.26. The molecule has 0 atom stereocenters. The van der Waals surface area contributed by atoms with Crippen LogP contribution in [0.15, 0.2) is 18.2 Å². The lowest BCUT2D eigenvalue weighted by atomic mass is 10.0. The predicted octanol–water partition coefficient (Wildman–Crippen LogP) is 3.16. The zero-order chi connectivity index (χ0) is 12.0. The van der Waals surface area contributed by atoms with Gasteiger partial charge < -0.3 is 10.4 Å². The summed E-state index contributed by atoms with van der Waals surface area (Å²) >= 11 is 0. The molecule has 1 aromatic rings. The van der Waals surface area contributed by atoms with Gasteiger partial charge in [0.25, 0.3) is 0 Å². The number of carboxylic acid groups (broad SMARTS) is 1. The van der Waals surface area contributed by atoms with Crippen LogP contribution in [0, 0.1) is 0 Å². The number of carboxylic acids is 1. The highest BCUT2D eigenvalue weighted by atomic mass is 16.4. The van der Waals surface area contributed by atoms with Crippen molar-refractivity contribution in [3.05, 3.63) is 29.3 Å². The molecule has 0 aromatic heterocycles. The van der Waals surface area contributed by atoms with Crippen molar-refractivity contribution >= 4 is 11.7 Å². The highest BCUT2D eigenvalue weighted by Gasteiger charge is 2.08. The van der Waals surface area contributed by atoms with Crippen molar-refractivity contribution in [1.29, 1.82) is 0 Å². The molecule has 0 heterocycles. The van der Waals surface area contributed by atoms with Gasteiger partial charge in [0, 0.05) is 12.2 Å². The van der Waals surface area contributed by atoms with Gasteiger partial charge in [0.15, 0.2) is 0 Å². The molecule has 2 N–H and O–H groups in total. The van der Waals surface area contributed by atoms with Gasteiger partial charge in [-0.2, -0.15) is 0 Å². The van der Waals surface area contributed by atoms with E-state index in [2.05, 4.69) is 12.2 Å². The molecule has 0 unspecified atom stereocenters. The van der Waals surface area contributed by atoms with E-state index in [0.717, 1.165) is 37.1 Å². The summed E-state index contributed by atoms with van der Waals surface area (Å²) in [5.41, 5.74) is 2.30. The number of aromatic carboxylic acids is 1. The van der Waals surface area contributed by atoms with E-state index < -0.39 is 5.97 Å². The van der Waals surface area contributed by atoms with E-state index in [1.807, 2.05) is 19.1 Å². The van der Waals surface area contributed by atoms with E-state index in [1.54, 1.807) is 6.07 Å². The maximum Gasteiger partial charge on any atom is 0.335 e. The molecule has 0 saturated carbocycles. The van der Waals surface area contributed by atoms with Crippen LogP contribution in [-0.4, -0.2) is 17.6 Å². The lowest BCUT2D eigenvalue weighted by Gasteiger charge is -2.09. The van der Waals surface area contributed by atoms with E-state index in [1.165, 1.54) is 0 Å². The Bertz CT molecular complexity index is 361. The van der Waals surface area contributed by atoms with Crippen LogP contribution < -0.4 is 5.32 Å². The normalized spacial score (nSPS) is 10.1. The Morgan fingerprint density at radius 1 is 1.38 bits per heavy atom. The topological polar surface area (TPSA) is 49.3 Å². The fourth-order valence-electron chi connectivity index (χ4n) is 1.61. The van der Waals surface area contributed by atoms with E-state index in [0.29, 0.717) is 5.56 Å². The smallest absolute Gasteiger partial charge is 0.335 e. The number of carbonyl (C=O) groups is 1. The van der Waals surface area contributed by atoms with Crippen molar-refractivity contribution in [2.75, 3.05) is 11.9 Å². The van der Waals surface area contributed by atoms with Crippen LogP contribution >= 0.6 is 0 Å². The van der Waals surface area contributed by atoms with Crippen molar-refractivity contribution in [2.24, 2.45) is 0 Å². The molecular weight excluding hydrogens is 202 g/mol. The van der Waals surface area contributed by atoms with Gasteiger partial charge in [0.05, 0.1) is 5.56 Å². The van der Waals surface area contributed by atoms with Crippen molar-refractivity contribution in [3.8, 4) is 0 Å². The summed E-state index contributed by atoms with van der Waals surface area (Å²) in [6.45, 7) is 5.05. The van der Waals surface area contributed by atoms with Gasteiger partial charge in [0.1, 0.15) is 0 Å². The molecule has 1 rings (SSSR count). The van der Waals surface area contributed by atoms with E-state index in [-0.39, 0.29) is 0 Å². The quantitative estimate of drug-likeness (QED) is 0.725. The molecule has 1 aromatic carbocycles. The van der Waals surface area contributed by atoms with Gasteiger partial charge in [-0.1, -0.05) is 20.3 Å². The average molecular weight is 221 g/mol. The Kier molecular flexibility index (Phi) is 4.83. The predicted molar refractivity (Wildman–Crippen MR) is 66.2 cm³/mol. The van der Waals surface area contributed by atoms with E-state index in [4.69, 9.17) is 5.11 Å². The molecule has 0 radical (unpaired) electrons. The van der Waals surface area contributed by atoms with Crippen LogP contribution in [0.3, 0.4) is 0 Å². The Hall–Kier alpha value is -1.51. The minimum absolute atomic E-state index is 0.406. The second-order valence-electron chi connectivity index (χ2n) is 3.81. The highest BCUT2D eigenvalue weighted by molar-refractivity contribution is 5.90. The van der Waals surface area contributed by atoms with Crippen LogP contribution in [0.2, 0.25) is 0 Å². The largest absolute Gasteiger partial charge is 0.478 e. The molecule has 0 aliphatic heterocycles. The minimum Gasteiger partial charge on any atom is -0.478 e. The molecule has 0 aliphatic carbocycles. The Morgan fingerprint density at radius 3 is 2.69 bits per heavy atom. The minimum atomic E-state index is -0.850. The van der Waals surface area contributed by atoms with Crippen molar-refractivity contribution in [3.63, 3.8) is 0 Å². The first-order chi connectivity index (χ1) is 7.69. The van der Waals surface area contributed by atoms with E-state index >= 15 is 0 Å². The number of hydrogen-bond donors (Lipinski definition) is 2. The fourth-order valence-corrected chi connectivity index (χ4v) is 1.61. The molecule has 0 amide bonds. The summed E-state index contributed by atoms with van der Waals surface area (Å²) in [7, 11) is 0. The maximum atomic E-state index is 10.9. The van der Waals surface area contributed by atoms with Gasteiger partial charge in [-0.05, 0) is 36.6 Å². The number of unbranched alkanes of at least 4 members (excludes halogenated alkanes) is 1. The summed E-state index contributed by atoms with van der Waals surface area (Å²) in [4.78, 5) is 10.9. The SMILES string of the molecule is CCCCNc1ccc(C(=O)O)c(CC)c1. The fraction of sp³-hybridized carbons (Fsp3) is 0.462. The third-order valence-electron chi connectivity index (χ3n) is 2.58.